The molecule has 1 aromatic heterocycles. The molecular formula is C10H10N2O. The van der Waals surface area contributed by atoms with Gasteiger partial charge in [0.15, 0.2) is 0 Å². The number of rotatable bonds is 0. The van der Waals surface area contributed by atoms with Crippen molar-refractivity contribution in [3.63, 3.8) is 0 Å². The van der Waals surface area contributed by atoms with Gasteiger partial charge in [-0.05, 0) is 12.1 Å². The number of hydrogen-bond donors (Lipinski definition) is 1. The molecule has 0 amide bonds. The molecule has 0 spiro atoms. The van der Waals surface area contributed by atoms with Gasteiger partial charge < -0.3 is 5.21 Å². The first-order chi connectivity index (χ1) is 6.38. The van der Waals surface area contributed by atoms with E-state index in [4.69, 9.17) is 5.21 Å². The van der Waals surface area contributed by atoms with E-state index in [9.17, 15) is 0 Å². The summed E-state index contributed by atoms with van der Waals surface area (Å²) in [7, 11) is 0. The molecule has 66 valence electrons. The average Bonchev–Trinajstić information content (AvgIpc) is 2.19. The number of para-hydroxylation sites is 1. The Morgan fingerprint density at radius 1 is 1.15 bits per heavy atom. The Bertz CT molecular complexity index is 322. The van der Waals surface area contributed by atoms with Gasteiger partial charge in [-0.15, -0.1) is 5.16 Å². The first kappa shape index (κ1) is 9.19. The zero-order chi connectivity index (χ0) is 9.52. The first-order valence-corrected chi connectivity index (χ1v) is 3.78. The van der Waals surface area contributed by atoms with Crippen LogP contribution >= 0.6 is 0 Å². The van der Waals surface area contributed by atoms with Gasteiger partial charge in [-0.25, -0.2) is 0 Å². The van der Waals surface area contributed by atoms with Crippen LogP contribution in [0.3, 0.4) is 0 Å². The summed E-state index contributed by atoms with van der Waals surface area (Å²) in [5.41, 5.74) is 1.06. The van der Waals surface area contributed by atoms with E-state index in [1.54, 1.807) is 0 Å². The Morgan fingerprint density at radius 3 is 2.46 bits per heavy atom. The lowest BCUT2D eigenvalue weighted by molar-refractivity contribution is 0.323. The molecule has 0 fully saturated rings. The Kier molecular flexibility index (Phi) is 3.45. The largest absolute Gasteiger partial charge is 0.411 e. The van der Waals surface area contributed by atoms with Crippen molar-refractivity contribution in [3.8, 4) is 0 Å². The molecule has 1 heterocycles. The van der Waals surface area contributed by atoms with E-state index >= 15 is 0 Å². The van der Waals surface area contributed by atoms with Crippen molar-refractivity contribution in [2.24, 2.45) is 5.16 Å². The third-order valence-electron chi connectivity index (χ3n) is 1.51. The van der Waals surface area contributed by atoms with Gasteiger partial charge in [-0.1, -0.05) is 24.3 Å². The fourth-order valence-electron chi connectivity index (χ4n) is 1.02. The Morgan fingerprint density at radius 2 is 1.77 bits per heavy atom. The monoisotopic (exact) mass is 174 g/mol. The van der Waals surface area contributed by atoms with Crippen molar-refractivity contribution in [1.29, 1.82) is 0 Å². The maximum absolute atomic E-state index is 7.08. The quantitative estimate of drug-likeness (QED) is 0.378. The highest BCUT2D eigenvalue weighted by Crippen LogP contribution is 2.07. The molecule has 2 aromatic rings. The van der Waals surface area contributed by atoms with E-state index in [-0.39, 0.29) is 0 Å². The van der Waals surface area contributed by atoms with Gasteiger partial charge in [0.1, 0.15) is 0 Å². The van der Waals surface area contributed by atoms with Crippen LogP contribution in [0.2, 0.25) is 0 Å². The number of fused-ring (bicyclic) bond motifs is 1. The zero-order valence-corrected chi connectivity index (χ0v) is 7.09. The summed E-state index contributed by atoms with van der Waals surface area (Å²) >= 11 is 0. The highest BCUT2D eigenvalue weighted by molar-refractivity contribution is 5.77. The molecule has 0 aliphatic heterocycles. The number of pyridine rings is 1. The van der Waals surface area contributed by atoms with Crippen LogP contribution < -0.4 is 0 Å². The van der Waals surface area contributed by atoms with Crippen LogP contribution in [0.4, 0.5) is 0 Å². The molecule has 0 radical (unpaired) electrons. The predicted octanol–water partition coefficient (Wildman–Crippen LogP) is 2.31. The highest BCUT2D eigenvalue weighted by Gasteiger charge is 1.86. The maximum atomic E-state index is 7.08. The summed E-state index contributed by atoms with van der Waals surface area (Å²) in [5, 5.41) is 10.5. The number of nitrogens with zero attached hydrogens (tertiary/aromatic N) is 2. The third-order valence-corrected chi connectivity index (χ3v) is 1.51. The summed E-state index contributed by atoms with van der Waals surface area (Å²) in [4.78, 5) is 4.18. The fourth-order valence-corrected chi connectivity index (χ4v) is 1.02. The molecule has 0 saturated carbocycles. The Hall–Kier alpha value is -1.90. The van der Waals surface area contributed by atoms with Crippen LogP contribution in [0.15, 0.2) is 47.8 Å². The second-order valence-electron chi connectivity index (χ2n) is 2.34. The minimum Gasteiger partial charge on any atom is -0.411 e. The standard InChI is InChI=1S/C9H7N.CH3NO/c1-2-6-9-8(4-1)5-3-7-10-9;1-2-3/h1-7H;3H,1H2. The summed E-state index contributed by atoms with van der Waals surface area (Å²) in [6, 6.07) is 12.1. The van der Waals surface area contributed by atoms with Crippen molar-refractivity contribution in [2.45, 2.75) is 0 Å². The summed E-state index contributed by atoms with van der Waals surface area (Å²) in [6.07, 6.45) is 1.81. The van der Waals surface area contributed by atoms with E-state index in [0.717, 1.165) is 5.52 Å². The Labute approximate surface area is 76.3 Å². The fraction of sp³-hybridized carbons (Fsp3) is 0. The lowest BCUT2D eigenvalue weighted by Crippen LogP contribution is -1.73. The number of hydrogen-bond acceptors (Lipinski definition) is 3. The maximum Gasteiger partial charge on any atom is 0.0701 e. The van der Waals surface area contributed by atoms with Crippen molar-refractivity contribution in [1.82, 2.24) is 4.98 Å². The van der Waals surface area contributed by atoms with Gasteiger partial charge in [0.05, 0.1) is 5.52 Å². The average molecular weight is 174 g/mol. The van der Waals surface area contributed by atoms with Crippen LogP contribution in [0.5, 0.6) is 0 Å². The molecule has 1 N–H and O–H groups in total. The topological polar surface area (TPSA) is 45.5 Å². The number of benzene rings is 1. The van der Waals surface area contributed by atoms with E-state index in [2.05, 4.69) is 29.0 Å². The summed E-state index contributed by atoms with van der Waals surface area (Å²) in [5.74, 6) is 0. The second-order valence-corrected chi connectivity index (χ2v) is 2.34. The minimum atomic E-state index is 1.06. The summed E-state index contributed by atoms with van der Waals surface area (Å²) < 4.78 is 0. The number of aromatic nitrogens is 1. The van der Waals surface area contributed by atoms with Crippen LogP contribution in [0, 0.1) is 0 Å². The normalized spacial score (nSPS) is 8.62. The van der Waals surface area contributed by atoms with Crippen molar-refractivity contribution >= 4 is 17.6 Å². The first-order valence-electron chi connectivity index (χ1n) is 3.78. The molecule has 0 bridgehead atoms. The van der Waals surface area contributed by atoms with Gasteiger partial charge in [-0.3, -0.25) is 4.98 Å². The second kappa shape index (κ2) is 4.87. The molecule has 3 heteroatoms. The summed E-state index contributed by atoms with van der Waals surface area (Å²) in [6.45, 7) is 2.67. The Balaban J connectivity index is 0.000000251. The molecular weight excluding hydrogens is 164 g/mol. The highest BCUT2D eigenvalue weighted by atomic mass is 16.4. The lowest BCUT2D eigenvalue weighted by atomic mass is 10.2. The molecule has 0 saturated heterocycles. The van der Waals surface area contributed by atoms with Gasteiger partial charge in [0, 0.05) is 18.3 Å². The van der Waals surface area contributed by atoms with Crippen LogP contribution in [0.1, 0.15) is 0 Å². The van der Waals surface area contributed by atoms with E-state index in [1.165, 1.54) is 5.39 Å². The smallest absolute Gasteiger partial charge is 0.0701 e. The van der Waals surface area contributed by atoms with E-state index < -0.39 is 0 Å². The van der Waals surface area contributed by atoms with Gasteiger partial charge in [-0.2, -0.15) is 0 Å². The van der Waals surface area contributed by atoms with Crippen molar-refractivity contribution < 1.29 is 5.21 Å². The molecule has 13 heavy (non-hydrogen) atoms. The molecule has 1 aromatic carbocycles. The van der Waals surface area contributed by atoms with Gasteiger partial charge in [0.25, 0.3) is 0 Å². The van der Waals surface area contributed by atoms with Crippen LogP contribution in [-0.4, -0.2) is 16.9 Å². The van der Waals surface area contributed by atoms with Gasteiger partial charge >= 0.3 is 0 Å². The van der Waals surface area contributed by atoms with Crippen molar-refractivity contribution in [2.75, 3.05) is 0 Å². The predicted molar refractivity (Wildman–Crippen MR) is 53.1 cm³/mol. The molecule has 0 atom stereocenters. The molecule has 0 unspecified atom stereocenters. The van der Waals surface area contributed by atoms with Crippen LogP contribution in [0.25, 0.3) is 10.9 Å². The molecule has 3 nitrogen and oxygen atoms in total. The minimum absolute atomic E-state index is 1.06. The molecule has 0 aliphatic carbocycles. The van der Waals surface area contributed by atoms with E-state index in [0.29, 0.717) is 0 Å². The van der Waals surface area contributed by atoms with Gasteiger partial charge in [0.2, 0.25) is 0 Å². The molecule has 2 rings (SSSR count). The third kappa shape index (κ3) is 2.56. The van der Waals surface area contributed by atoms with E-state index in [1.807, 2.05) is 30.5 Å². The number of oxime groups is 1. The molecule has 0 aliphatic rings. The SMILES string of the molecule is C=NO.c1ccc2ncccc2c1. The zero-order valence-electron chi connectivity index (χ0n) is 7.09. The van der Waals surface area contributed by atoms with Crippen LogP contribution in [-0.2, 0) is 0 Å². The lowest BCUT2D eigenvalue weighted by Gasteiger charge is -1.91. The van der Waals surface area contributed by atoms with Crippen molar-refractivity contribution in [3.05, 3.63) is 42.6 Å².